The van der Waals surface area contributed by atoms with E-state index in [4.69, 9.17) is 10.00 Å². The summed E-state index contributed by atoms with van der Waals surface area (Å²) in [4.78, 5) is 22.1. The van der Waals surface area contributed by atoms with E-state index in [1.54, 1.807) is 12.3 Å². The van der Waals surface area contributed by atoms with Crippen LogP contribution in [-0.4, -0.2) is 54.7 Å². The molecule has 25 heavy (non-hydrogen) atoms. The number of anilines is 1. The molecule has 1 amide bonds. The van der Waals surface area contributed by atoms with Gasteiger partial charge in [-0.05, 0) is 44.2 Å². The van der Waals surface area contributed by atoms with Crippen LogP contribution in [0.3, 0.4) is 0 Å². The summed E-state index contributed by atoms with van der Waals surface area (Å²) in [5.41, 5.74) is 0.309. The minimum Gasteiger partial charge on any atom is -0.381 e. The van der Waals surface area contributed by atoms with Crippen LogP contribution in [0.2, 0.25) is 0 Å². The van der Waals surface area contributed by atoms with Crippen molar-refractivity contribution >= 4 is 11.7 Å². The molecule has 1 atom stereocenters. The topological polar surface area (TPSA) is 69.5 Å². The Hall–Kier alpha value is -2.13. The Morgan fingerprint density at radius 1 is 1.24 bits per heavy atom. The average Bonchev–Trinajstić information content (AvgIpc) is 3.10. The fraction of sp³-hybridized carbons (Fsp3) is 0.632. The quantitative estimate of drug-likeness (QED) is 0.823. The second kappa shape index (κ2) is 6.64. The SMILES string of the molecule is N#Cc1ccc(N2CC[C@]3(CCCN(C4CCOCC4)C3=O)C2)nc1. The van der Waals surface area contributed by atoms with Crippen molar-refractivity contribution in [2.45, 2.75) is 38.1 Å². The van der Waals surface area contributed by atoms with Crippen LogP contribution in [0.15, 0.2) is 18.3 Å². The van der Waals surface area contributed by atoms with E-state index in [0.29, 0.717) is 17.5 Å². The minimum atomic E-state index is -0.258. The van der Waals surface area contributed by atoms with Crippen molar-refractivity contribution in [1.29, 1.82) is 5.26 Å². The molecule has 0 unspecified atom stereocenters. The maximum atomic E-state index is 13.3. The number of nitriles is 1. The second-order valence-electron chi connectivity index (χ2n) is 7.41. The molecule has 0 bridgehead atoms. The van der Waals surface area contributed by atoms with Crippen LogP contribution in [0.1, 0.15) is 37.7 Å². The molecule has 132 valence electrons. The summed E-state index contributed by atoms with van der Waals surface area (Å²) in [6.07, 6.45) is 6.48. The maximum Gasteiger partial charge on any atom is 0.230 e. The predicted octanol–water partition coefficient (Wildman–Crippen LogP) is 1.95. The van der Waals surface area contributed by atoms with Crippen molar-refractivity contribution in [2.24, 2.45) is 5.41 Å². The average molecular weight is 340 g/mol. The lowest BCUT2D eigenvalue weighted by Gasteiger charge is -2.44. The van der Waals surface area contributed by atoms with Gasteiger partial charge in [-0.2, -0.15) is 5.26 Å². The highest BCUT2D eigenvalue weighted by atomic mass is 16.5. The Labute approximate surface area is 148 Å². The van der Waals surface area contributed by atoms with Gasteiger partial charge in [0.25, 0.3) is 0 Å². The fourth-order valence-electron chi connectivity index (χ4n) is 4.53. The maximum absolute atomic E-state index is 13.3. The first-order valence-corrected chi connectivity index (χ1v) is 9.22. The van der Waals surface area contributed by atoms with Gasteiger partial charge in [0.15, 0.2) is 0 Å². The molecular weight excluding hydrogens is 316 g/mol. The molecule has 6 nitrogen and oxygen atoms in total. The molecule has 3 fully saturated rings. The number of likely N-dealkylation sites (tertiary alicyclic amines) is 1. The number of amides is 1. The molecule has 4 rings (SSSR count). The zero-order valence-electron chi connectivity index (χ0n) is 14.5. The smallest absolute Gasteiger partial charge is 0.230 e. The van der Waals surface area contributed by atoms with E-state index in [0.717, 1.165) is 70.8 Å². The van der Waals surface area contributed by atoms with Gasteiger partial charge in [0.05, 0.1) is 11.0 Å². The second-order valence-corrected chi connectivity index (χ2v) is 7.41. The van der Waals surface area contributed by atoms with Gasteiger partial charge < -0.3 is 14.5 Å². The third kappa shape index (κ3) is 2.98. The summed E-state index contributed by atoms with van der Waals surface area (Å²) < 4.78 is 5.46. The standard InChI is InChI=1S/C19H24N4O2/c20-12-15-2-3-17(21-13-15)22-9-7-19(14-22)6-1-8-23(18(19)24)16-4-10-25-11-5-16/h2-3,13,16H,1,4-11,14H2/t19-/m1/s1. The number of hydrogen-bond donors (Lipinski definition) is 0. The number of hydrogen-bond acceptors (Lipinski definition) is 5. The number of pyridine rings is 1. The van der Waals surface area contributed by atoms with Gasteiger partial charge in [0.1, 0.15) is 11.9 Å². The first-order valence-electron chi connectivity index (χ1n) is 9.22. The molecule has 6 heteroatoms. The van der Waals surface area contributed by atoms with E-state index in [-0.39, 0.29) is 5.41 Å². The summed E-state index contributed by atoms with van der Waals surface area (Å²) in [6.45, 7) is 4.02. The van der Waals surface area contributed by atoms with Crippen molar-refractivity contribution in [3.05, 3.63) is 23.9 Å². The Morgan fingerprint density at radius 2 is 2.08 bits per heavy atom. The van der Waals surface area contributed by atoms with Crippen LogP contribution < -0.4 is 4.90 Å². The molecule has 3 aliphatic rings. The third-order valence-electron chi connectivity index (χ3n) is 5.96. The number of piperidine rings is 1. The van der Waals surface area contributed by atoms with Crippen molar-refractivity contribution in [3.8, 4) is 6.07 Å². The van der Waals surface area contributed by atoms with Crippen LogP contribution in [-0.2, 0) is 9.53 Å². The Morgan fingerprint density at radius 3 is 2.80 bits per heavy atom. The highest BCUT2D eigenvalue weighted by molar-refractivity contribution is 5.85. The largest absolute Gasteiger partial charge is 0.381 e. The lowest BCUT2D eigenvalue weighted by Crippen LogP contribution is -2.54. The summed E-state index contributed by atoms with van der Waals surface area (Å²) in [5.74, 6) is 1.20. The number of aromatic nitrogens is 1. The summed E-state index contributed by atoms with van der Waals surface area (Å²) in [5, 5.41) is 8.92. The van der Waals surface area contributed by atoms with Crippen molar-refractivity contribution in [3.63, 3.8) is 0 Å². The lowest BCUT2D eigenvalue weighted by atomic mass is 9.77. The third-order valence-corrected chi connectivity index (χ3v) is 5.96. The molecule has 1 spiro atoms. The molecule has 0 aromatic carbocycles. The van der Waals surface area contributed by atoms with Crippen LogP contribution >= 0.6 is 0 Å². The molecule has 0 N–H and O–H groups in total. The molecular formula is C19H24N4O2. The zero-order chi connectivity index (χ0) is 17.3. The molecule has 0 radical (unpaired) electrons. The molecule has 0 saturated carbocycles. The Balaban J connectivity index is 1.49. The van der Waals surface area contributed by atoms with Gasteiger partial charge in [-0.3, -0.25) is 4.79 Å². The van der Waals surface area contributed by atoms with Crippen LogP contribution in [0, 0.1) is 16.7 Å². The van der Waals surface area contributed by atoms with Crippen molar-refractivity contribution in [1.82, 2.24) is 9.88 Å². The number of ether oxygens (including phenoxy) is 1. The van der Waals surface area contributed by atoms with Gasteiger partial charge in [0.2, 0.25) is 5.91 Å². The van der Waals surface area contributed by atoms with Gasteiger partial charge in [0, 0.05) is 45.1 Å². The molecule has 3 aliphatic heterocycles. The highest BCUT2D eigenvalue weighted by Crippen LogP contribution is 2.42. The summed E-state index contributed by atoms with van der Waals surface area (Å²) in [7, 11) is 0. The first kappa shape index (κ1) is 16.3. The van der Waals surface area contributed by atoms with Gasteiger partial charge in [-0.1, -0.05) is 0 Å². The minimum absolute atomic E-state index is 0.258. The van der Waals surface area contributed by atoms with E-state index in [9.17, 15) is 4.79 Å². The van der Waals surface area contributed by atoms with E-state index in [2.05, 4.69) is 20.9 Å². The van der Waals surface area contributed by atoms with E-state index >= 15 is 0 Å². The zero-order valence-corrected chi connectivity index (χ0v) is 14.5. The number of carbonyl (C=O) groups is 1. The van der Waals surface area contributed by atoms with E-state index in [1.165, 1.54) is 0 Å². The lowest BCUT2D eigenvalue weighted by molar-refractivity contribution is -0.149. The number of nitrogens with zero attached hydrogens (tertiary/aromatic N) is 4. The predicted molar refractivity (Wildman–Crippen MR) is 93.0 cm³/mol. The van der Waals surface area contributed by atoms with Crippen LogP contribution in [0.5, 0.6) is 0 Å². The van der Waals surface area contributed by atoms with E-state index in [1.807, 2.05) is 6.07 Å². The molecule has 0 aliphatic carbocycles. The van der Waals surface area contributed by atoms with Gasteiger partial charge in [-0.25, -0.2) is 4.98 Å². The molecule has 1 aromatic heterocycles. The van der Waals surface area contributed by atoms with Crippen molar-refractivity contribution < 1.29 is 9.53 Å². The van der Waals surface area contributed by atoms with Gasteiger partial charge in [-0.15, -0.1) is 0 Å². The van der Waals surface area contributed by atoms with Crippen LogP contribution in [0.25, 0.3) is 0 Å². The molecule has 1 aromatic rings. The first-order chi connectivity index (χ1) is 12.2. The molecule has 3 saturated heterocycles. The van der Waals surface area contributed by atoms with Gasteiger partial charge >= 0.3 is 0 Å². The monoisotopic (exact) mass is 340 g/mol. The highest BCUT2D eigenvalue weighted by Gasteiger charge is 2.49. The number of rotatable bonds is 2. The summed E-state index contributed by atoms with van der Waals surface area (Å²) in [6, 6.07) is 6.13. The fourth-order valence-corrected chi connectivity index (χ4v) is 4.53. The Kier molecular flexibility index (Phi) is 4.34. The van der Waals surface area contributed by atoms with Crippen molar-refractivity contribution in [2.75, 3.05) is 37.7 Å². The summed E-state index contributed by atoms with van der Waals surface area (Å²) >= 11 is 0. The normalized spacial score (nSPS) is 27.7. The van der Waals surface area contributed by atoms with Crippen LogP contribution in [0.4, 0.5) is 5.82 Å². The number of carbonyl (C=O) groups excluding carboxylic acids is 1. The Bertz CT molecular complexity index is 678. The molecule has 4 heterocycles. The van der Waals surface area contributed by atoms with E-state index < -0.39 is 0 Å².